The molecule has 90 valence electrons. The molecule has 1 amide bonds. The maximum atomic E-state index is 11.4. The molecule has 0 aliphatic carbocycles. The summed E-state index contributed by atoms with van der Waals surface area (Å²) in [5.74, 6) is 0.418. The number of rotatable bonds is 7. The van der Waals surface area contributed by atoms with Gasteiger partial charge < -0.3 is 15.8 Å². The minimum Gasteiger partial charge on any atom is -0.384 e. The first kappa shape index (κ1) is 14.4. The second-order valence-corrected chi connectivity index (χ2v) is 4.85. The van der Waals surface area contributed by atoms with Crippen molar-refractivity contribution in [3.8, 4) is 0 Å². The molecule has 0 rings (SSSR count). The lowest BCUT2D eigenvalue weighted by atomic mass is 10.00. The molecule has 15 heavy (non-hydrogen) atoms. The highest BCUT2D eigenvalue weighted by Gasteiger charge is 2.13. The Bertz CT molecular complexity index is 188. The number of methoxy groups -OCH3 is 1. The van der Waals surface area contributed by atoms with Crippen LogP contribution in [0.2, 0.25) is 0 Å². The molecule has 0 aromatic rings. The van der Waals surface area contributed by atoms with Crippen LogP contribution in [0.15, 0.2) is 0 Å². The van der Waals surface area contributed by atoms with Crippen LogP contribution in [0.25, 0.3) is 0 Å². The fourth-order valence-corrected chi connectivity index (χ4v) is 1.16. The van der Waals surface area contributed by atoms with E-state index in [2.05, 4.69) is 5.32 Å². The topological polar surface area (TPSA) is 64.3 Å². The zero-order chi connectivity index (χ0) is 11.9. The Hall–Kier alpha value is -0.610. The van der Waals surface area contributed by atoms with E-state index < -0.39 is 0 Å². The van der Waals surface area contributed by atoms with E-state index >= 15 is 0 Å². The van der Waals surface area contributed by atoms with Crippen LogP contribution in [-0.2, 0) is 9.53 Å². The number of nitrogens with one attached hydrogen (secondary N) is 1. The zero-order valence-electron chi connectivity index (χ0n) is 10.3. The van der Waals surface area contributed by atoms with E-state index in [0.717, 1.165) is 0 Å². The molecule has 0 bridgehead atoms. The third-order valence-electron chi connectivity index (χ3n) is 2.10. The monoisotopic (exact) mass is 216 g/mol. The highest BCUT2D eigenvalue weighted by Crippen LogP contribution is 2.06. The van der Waals surface area contributed by atoms with E-state index in [1.807, 2.05) is 20.8 Å². The predicted octanol–water partition coefficient (Wildman–Crippen LogP) is 0.903. The minimum atomic E-state index is -0.268. The first-order valence-electron chi connectivity index (χ1n) is 5.39. The summed E-state index contributed by atoms with van der Waals surface area (Å²) in [7, 11) is 1.66. The maximum Gasteiger partial charge on any atom is 0.220 e. The van der Waals surface area contributed by atoms with Gasteiger partial charge in [-0.25, -0.2) is 0 Å². The van der Waals surface area contributed by atoms with Crippen molar-refractivity contribution in [2.45, 2.75) is 39.2 Å². The normalized spacial score (nSPS) is 13.7. The fraction of sp³-hybridized carbons (Fsp3) is 0.909. The van der Waals surface area contributed by atoms with Crippen molar-refractivity contribution in [1.29, 1.82) is 0 Å². The van der Waals surface area contributed by atoms with Gasteiger partial charge in [-0.3, -0.25) is 4.79 Å². The van der Waals surface area contributed by atoms with Crippen LogP contribution >= 0.6 is 0 Å². The van der Waals surface area contributed by atoms with Crippen LogP contribution in [0, 0.1) is 5.92 Å². The third-order valence-corrected chi connectivity index (χ3v) is 2.10. The Morgan fingerprint density at radius 1 is 1.53 bits per heavy atom. The number of ether oxygens (including phenoxy) is 1. The van der Waals surface area contributed by atoms with E-state index in [-0.39, 0.29) is 11.4 Å². The van der Waals surface area contributed by atoms with Gasteiger partial charge in [-0.1, -0.05) is 6.92 Å². The summed E-state index contributed by atoms with van der Waals surface area (Å²) in [6.07, 6.45) is 1.20. The summed E-state index contributed by atoms with van der Waals surface area (Å²) in [5.41, 5.74) is 5.52. The first-order valence-corrected chi connectivity index (χ1v) is 5.39. The van der Waals surface area contributed by atoms with Gasteiger partial charge >= 0.3 is 0 Å². The molecule has 0 aromatic heterocycles. The fourth-order valence-electron chi connectivity index (χ4n) is 1.16. The van der Waals surface area contributed by atoms with Gasteiger partial charge in [-0.15, -0.1) is 0 Å². The molecule has 4 heteroatoms. The van der Waals surface area contributed by atoms with Gasteiger partial charge in [0.15, 0.2) is 0 Å². The summed E-state index contributed by atoms with van der Waals surface area (Å²) in [5, 5.41) is 2.87. The molecule has 0 spiro atoms. The first-order chi connectivity index (χ1) is 6.85. The van der Waals surface area contributed by atoms with Gasteiger partial charge in [0.05, 0.1) is 6.61 Å². The Balaban J connectivity index is 3.58. The van der Waals surface area contributed by atoms with Crippen molar-refractivity contribution in [1.82, 2.24) is 5.32 Å². The highest BCUT2D eigenvalue weighted by atomic mass is 16.5. The van der Waals surface area contributed by atoms with Crippen molar-refractivity contribution in [3.63, 3.8) is 0 Å². The third kappa shape index (κ3) is 9.69. The predicted molar refractivity (Wildman–Crippen MR) is 61.6 cm³/mol. The van der Waals surface area contributed by atoms with Gasteiger partial charge in [0, 0.05) is 25.6 Å². The highest BCUT2D eigenvalue weighted by molar-refractivity contribution is 5.75. The molecule has 1 atom stereocenters. The van der Waals surface area contributed by atoms with Crippen LogP contribution in [-0.4, -0.2) is 31.7 Å². The number of carbonyl (C=O) groups is 1. The van der Waals surface area contributed by atoms with Crippen molar-refractivity contribution in [3.05, 3.63) is 0 Å². The van der Waals surface area contributed by atoms with Crippen molar-refractivity contribution >= 4 is 5.91 Å². The average Bonchev–Trinajstić information content (AvgIpc) is 2.11. The van der Waals surface area contributed by atoms with Crippen molar-refractivity contribution in [2.24, 2.45) is 11.7 Å². The van der Waals surface area contributed by atoms with Crippen molar-refractivity contribution in [2.75, 3.05) is 20.3 Å². The summed E-state index contributed by atoms with van der Waals surface area (Å²) in [6, 6.07) is 0. The molecular formula is C11H24N2O2. The molecule has 4 nitrogen and oxygen atoms in total. The smallest absolute Gasteiger partial charge is 0.220 e. The largest absolute Gasteiger partial charge is 0.384 e. The molecule has 0 heterocycles. The number of hydrogen-bond acceptors (Lipinski definition) is 3. The van der Waals surface area contributed by atoms with Gasteiger partial charge in [-0.2, -0.15) is 0 Å². The van der Waals surface area contributed by atoms with Crippen molar-refractivity contribution < 1.29 is 9.53 Å². The second kappa shape index (κ2) is 6.80. The van der Waals surface area contributed by atoms with Gasteiger partial charge in [-0.05, 0) is 26.2 Å². The van der Waals surface area contributed by atoms with Crippen LogP contribution < -0.4 is 11.1 Å². The van der Waals surface area contributed by atoms with E-state index in [4.69, 9.17) is 10.5 Å². The van der Waals surface area contributed by atoms with Crippen LogP contribution in [0.3, 0.4) is 0 Å². The molecule has 1 unspecified atom stereocenters. The molecule has 0 aliphatic rings. The number of carbonyl (C=O) groups excluding carboxylic acids is 1. The van der Waals surface area contributed by atoms with Crippen LogP contribution in [0.5, 0.6) is 0 Å². The quantitative estimate of drug-likeness (QED) is 0.664. The van der Waals surface area contributed by atoms with Crippen LogP contribution in [0.4, 0.5) is 0 Å². The zero-order valence-corrected chi connectivity index (χ0v) is 10.3. The molecule has 0 fully saturated rings. The Morgan fingerprint density at radius 3 is 2.60 bits per heavy atom. The van der Waals surface area contributed by atoms with Crippen LogP contribution in [0.1, 0.15) is 33.6 Å². The van der Waals surface area contributed by atoms with E-state index in [9.17, 15) is 4.79 Å². The minimum absolute atomic E-state index is 0.0662. The van der Waals surface area contributed by atoms with E-state index in [1.54, 1.807) is 7.11 Å². The lowest BCUT2D eigenvalue weighted by molar-refractivity contribution is -0.121. The summed E-state index contributed by atoms with van der Waals surface area (Å²) < 4.78 is 4.98. The lowest BCUT2D eigenvalue weighted by Gasteiger charge is -2.18. The lowest BCUT2D eigenvalue weighted by Crippen LogP contribution is -2.35. The molecule has 0 saturated heterocycles. The summed E-state index contributed by atoms with van der Waals surface area (Å²) in [4.78, 5) is 11.4. The molecule has 0 aliphatic heterocycles. The SMILES string of the molecule is COCC(C)CNC(=O)CCC(C)(C)N. The number of nitrogens with two attached hydrogens (primary N) is 1. The van der Waals surface area contributed by atoms with Gasteiger partial charge in [0.1, 0.15) is 0 Å². The summed E-state index contributed by atoms with van der Waals surface area (Å²) >= 11 is 0. The molecule has 0 radical (unpaired) electrons. The van der Waals surface area contributed by atoms with Gasteiger partial charge in [0.25, 0.3) is 0 Å². The van der Waals surface area contributed by atoms with E-state index in [1.165, 1.54) is 0 Å². The molecular weight excluding hydrogens is 192 g/mol. The van der Waals surface area contributed by atoms with Gasteiger partial charge in [0.2, 0.25) is 5.91 Å². The number of amides is 1. The average molecular weight is 216 g/mol. The maximum absolute atomic E-state index is 11.4. The Labute approximate surface area is 92.6 Å². The summed E-state index contributed by atoms with van der Waals surface area (Å²) in [6.45, 7) is 7.22. The number of hydrogen-bond donors (Lipinski definition) is 2. The van der Waals surface area contributed by atoms with E-state index in [0.29, 0.717) is 31.9 Å². The molecule has 0 saturated carbocycles. The Morgan fingerprint density at radius 2 is 2.13 bits per heavy atom. The Kier molecular flexibility index (Phi) is 6.52. The molecule has 0 aromatic carbocycles. The standard InChI is InChI=1S/C11H24N2O2/c1-9(8-15-4)7-13-10(14)5-6-11(2,3)12/h9H,5-8,12H2,1-4H3,(H,13,14). The molecule has 3 N–H and O–H groups in total. The second-order valence-electron chi connectivity index (χ2n) is 4.85.